The van der Waals surface area contributed by atoms with Gasteiger partial charge < -0.3 is 9.80 Å². The fourth-order valence-corrected chi connectivity index (χ4v) is 6.44. The van der Waals surface area contributed by atoms with Crippen molar-refractivity contribution in [2.45, 2.75) is 27.7 Å². The zero-order valence-electron chi connectivity index (χ0n) is 30.4. The summed E-state index contributed by atoms with van der Waals surface area (Å²) in [7, 11) is 0. The van der Waals surface area contributed by atoms with E-state index in [1.807, 2.05) is 0 Å². The number of hydrogen-bond acceptors (Lipinski definition) is 2. The largest absolute Gasteiger partial charge is 0.311 e. The highest BCUT2D eigenvalue weighted by atomic mass is 15.1. The lowest BCUT2D eigenvalue weighted by atomic mass is 10.0. The molecule has 0 aliphatic rings. The van der Waals surface area contributed by atoms with Crippen molar-refractivity contribution in [2.24, 2.45) is 0 Å². The Morgan fingerprint density at radius 3 is 1.23 bits per heavy atom. The van der Waals surface area contributed by atoms with E-state index in [1.54, 1.807) is 0 Å². The van der Waals surface area contributed by atoms with E-state index in [1.165, 1.54) is 38.9 Å². The van der Waals surface area contributed by atoms with E-state index in [-0.39, 0.29) is 0 Å². The quantitative estimate of drug-likeness (QED) is 0.133. The number of para-hydroxylation sites is 1. The minimum Gasteiger partial charge on any atom is -0.311 e. The molecule has 0 aliphatic carbocycles. The highest BCUT2D eigenvalue weighted by molar-refractivity contribution is 5.81. The topological polar surface area (TPSA) is 6.48 Å². The summed E-state index contributed by atoms with van der Waals surface area (Å²) in [6.45, 7) is 8.57. The van der Waals surface area contributed by atoms with Gasteiger partial charge in [-0.2, -0.15) is 0 Å². The molecular weight excluding hydrogens is 629 g/mol. The normalized spacial score (nSPS) is 11.3. The van der Waals surface area contributed by atoms with E-state index < -0.39 is 0 Å². The monoisotopic (exact) mass is 672 g/mol. The molecule has 0 saturated carbocycles. The highest BCUT2D eigenvalue weighted by Gasteiger charge is 2.14. The molecule has 7 aromatic rings. The van der Waals surface area contributed by atoms with Crippen LogP contribution in [0.4, 0.5) is 34.1 Å². The van der Waals surface area contributed by atoms with Crippen LogP contribution in [0.15, 0.2) is 170 Å². The van der Waals surface area contributed by atoms with Gasteiger partial charge in [-0.3, -0.25) is 0 Å². The molecule has 2 heteroatoms. The molecule has 0 bridgehead atoms. The van der Waals surface area contributed by atoms with E-state index in [4.69, 9.17) is 0 Å². The Bertz CT molecular complexity index is 2250. The maximum atomic E-state index is 2.32. The van der Waals surface area contributed by atoms with Gasteiger partial charge in [0, 0.05) is 34.1 Å². The van der Waals surface area contributed by atoms with Gasteiger partial charge in [-0.15, -0.1) is 0 Å². The maximum absolute atomic E-state index is 2.32. The predicted octanol–water partition coefficient (Wildman–Crippen LogP) is 14.2. The van der Waals surface area contributed by atoms with Crippen LogP contribution < -0.4 is 9.80 Å². The second-order valence-corrected chi connectivity index (χ2v) is 13.5. The van der Waals surface area contributed by atoms with Gasteiger partial charge in [0.05, 0.1) is 0 Å². The summed E-state index contributed by atoms with van der Waals surface area (Å²) < 4.78 is 0. The summed E-state index contributed by atoms with van der Waals surface area (Å²) in [6, 6.07) is 60.8. The third kappa shape index (κ3) is 8.15. The molecule has 0 atom stereocenters. The van der Waals surface area contributed by atoms with E-state index in [2.05, 4.69) is 232 Å². The van der Waals surface area contributed by atoms with Gasteiger partial charge >= 0.3 is 0 Å². The summed E-state index contributed by atoms with van der Waals surface area (Å²) >= 11 is 0. The Labute approximate surface area is 309 Å². The van der Waals surface area contributed by atoms with Gasteiger partial charge in [-0.1, -0.05) is 132 Å². The van der Waals surface area contributed by atoms with Crippen molar-refractivity contribution in [3.05, 3.63) is 214 Å². The van der Waals surface area contributed by atoms with Crippen LogP contribution in [0.3, 0.4) is 0 Å². The van der Waals surface area contributed by atoms with Crippen LogP contribution in [0.1, 0.15) is 44.5 Å². The van der Waals surface area contributed by atoms with Crippen molar-refractivity contribution in [1.29, 1.82) is 0 Å². The van der Waals surface area contributed by atoms with Gasteiger partial charge in [-0.05, 0) is 134 Å². The third-order valence-corrected chi connectivity index (χ3v) is 9.38. The van der Waals surface area contributed by atoms with Gasteiger partial charge in [0.25, 0.3) is 0 Å². The zero-order valence-corrected chi connectivity index (χ0v) is 30.4. The number of rotatable bonds is 10. The Balaban J connectivity index is 1.04. The third-order valence-electron chi connectivity index (χ3n) is 9.38. The highest BCUT2D eigenvalue weighted by Crippen LogP contribution is 2.37. The summed E-state index contributed by atoms with van der Waals surface area (Å²) in [6.07, 6.45) is 8.76. The number of benzene rings is 7. The van der Waals surface area contributed by atoms with E-state index in [9.17, 15) is 0 Å². The Morgan fingerprint density at radius 1 is 0.308 bits per heavy atom. The lowest BCUT2D eigenvalue weighted by molar-refractivity contribution is 1.26. The molecule has 0 heterocycles. The summed E-state index contributed by atoms with van der Waals surface area (Å²) in [5.74, 6) is 0. The summed E-state index contributed by atoms with van der Waals surface area (Å²) in [5.41, 5.74) is 16.5. The fourth-order valence-electron chi connectivity index (χ4n) is 6.44. The molecular formula is C50H44N2. The molecule has 254 valence electrons. The molecule has 0 radical (unpaired) electrons. The SMILES string of the molecule is Cc1ccc(N(c2ccc(C)cc2)c2ccc(/C=C/c3ccc(/C=C/c4ccc(N(c5ccccc5)c5cccc(C)c5)cc4C)cc3)cc2)cc1. The first-order valence-corrected chi connectivity index (χ1v) is 17.9. The summed E-state index contributed by atoms with van der Waals surface area (Å²) in [5, 5.41) is 0. The molecule has 0 unspecified atom stereocenters. The second-order valence-electron chi connectivity index (χ2n) is 13.5. The number of nitrogens with zero attached hydrogens (tertiary/aromatic N) is 2. The van der Waals surface area contributed by atoms with Crippen molar-refractivity contribution >= 4 is 58.4 Å². The Kier molecular flexibility index (Phi) is 10.3. The molecule has 0 amide bonds. The molecule has 7 aromatic carbocycles. The minimum atomic E-state index is 1.13. The van der Waals surface area contributed by atoms with E-state index in [0.29, 0.717) is 0 Å². The molecule has 0 fully saturated rings. The van der Waals surface area contributed by atoms with Gasteiger partial charge in [0.15, 0.2) is 0 Å². The van der Waals surface area contributed by atoms with Crippen molar-refractivity contribution in [2.75, 3.05) is 9.80 Å². The lowest BCUT2D eigenvalue weighted by Crippen LogP contribution is -2.10. The second kappa shape index (κ2) is 15.7. The molecule has 7 rings (SSSR count). The zero-order chi connectivity index (χ0) is 35.9. The number of aryl methyl sites for hydroxylation is 4. The maximum Gasteiger partial charge on any atom is 0.0464 e. The van der Waals surface area contributed by atoms with E-state index >= 15 is 0 Å². The van der Waals surface area contributed by atoms with Crippen LogP contribution >= 0.6 is 0 Å². The van der Waals surface area contributed by atoms with Crippen molar-refractivity contribution < 1.29 is 0 Å². The molecule has 0 aromatic heterocycles. The molecule has 0 aliphatic heterocycles. The Morgan fingerprint density at radius 2 is 0.712 bits per heavy atom. The van der Waals surface area contributed by atoms with Crippen LogP contribution in [-0.4, -0.2) is 0 Å². The molecule has 0 N–H and O–H groups in total. The summed E-state index contributed by atoms with van der Waals surface area (Å²) in [4.78, 5) is 4.62. The van der Waals surface area contributed by atoms with Crippen LogP contribution in [0.25, 0.3) is 24.3 Å². The minimum absolute atomic E-state index is 1.13. The lowest BCUT2D eigenvalue weighted by Gasteiger charge is -2.26. The molecule has 0 saturated heterocycles. The van der Waals surface area contributed by atoms with Gasteiger partial charge in [0.2, 0.25) is 0 Å². The Hall–Kier alpha value is -6.38. The first-order chi connectivity index (χ1) is 25.4. The predicted molar refractivity (Wildman–Crippen MR) is 225 cm³/mol. The van der Waals surface area contributed by atoms with Crippen LogP contribution in [0.2, 0.25) is 0 Å². The fraction of sp³-hybridized carbons (Fsp3) is 0.0800. The molecule has 52 heavy (non-hydrogen) atoms. The average molecular weight is 673 g/mol. The molecule has 2 nitrogen and oxygen atoms in total. The number of hydrogen-bond donors (Lipinski definition) is 0. The van der Waals surface area contributed by atoms with Crippen molar-refractivity contribution in [3.63, 3.8) is 0 Å². The van der Waals surface area contributed by atoms with Crippen LogP contribution in [-0.2, 0) is 0 Å². The van der Waals surface area contributed by atoms with E-state index in [0.717, 1.165) is 39.7 Å². The first kappa shape index (κ1) is 34.1. The number of anilines is 6. The molecule has 0 spiro atoms. The smallest absolute Gasteiger partial charge is 0.0464 e. The first-order valence-electron chi connectivity index (χ1n) is 17.9. The van der Waals surface area contributed by atoms with Gasteiger partial charge in [0.1, 0.15) is 0 Å². The van der Waals surface area contributed by atoms with Crippen LogP contribution in [0, 0.1) is 27.7 Å². The van der Waals surface area contributed by atoms with Crippen molar-refractivity contribution in [1.82, 2.24) is 0 Å². The average Bonchev–Trinajstić information content (AvgIpc) is 3.17. The standard InChI is InChI=1S/C50H44N2/c1-37-13-28-46(29-14-37)51(47-30-15-38(2)16-31-47)48-32-24-43(25-33-48)22-19-41-17-20-42(21-18-41)23-26-44-27-34-50(36-40(44)4)52(45-10-6-5-7-11-45)49-12-8-9-39(3)35-49/h5-36H,1-4H3/b22-19+,26-23+. The van der Waals surface area contributed by atoms with Crippen molar-refractivity contribution in [3.8, 4) is 0 Å². The van der Waals surface area contributed by atoms with Crippen LogP contribution in [0.5, 0.6) is 0 Å². The van der Waals surface area contributed by atoms with Gasteiger partial charge in [-0.25, -0.2) is 0 Å².